The number of benzene rings is 1. The van der Waals surface area contributed by atoms with Crippen LogP contribution in [0.25, 0.3) is 11.1 Å². The van der Waals surface area contributed by atoms with Crippen LogP contribution in [0, 0.1) is 12.7 Å². The third kappa shape index (κ3) is 3.03. The average molecular weight is 353 g/mol. The van der Waals surface area contributed by atoms with Gasteiger partial charge in [-0.1, -0.05) is 6.07 Å². The molecule has 7 heteroatoms. The first kappa shape index (κ1) is 16.3. The van der Waals surface area contributed by atoms with Gasteiger partial charge in [-0.05, 0) is 30.7 Å². The van der Waals surface area contributed by atoms with E-state index < -0.39 is 5.82 Å². The normalized spacial score (nSPS) is 15.4. The molecule has 132 valence electrons. The topological polar surface area (TPSA) is 77.3 Å². The number of pyridine rings is 1. The molecule has 0 saturated carbocycles. The molecule has 4 rings (SSSR count). The monoisotopic (exact) mass is 353 g/mol. The Bertz CT molecular complexity index is 956. The molecule has 1 aliphatic heterocycles. The number of oxazole rings is 1. The van der Waals surface area contributed by atoms with Crippen LogP contribution in [0.1, 0.15) is 21.8 Å². The fraction of sp³-hybridized carbons (Fsp3) is 0.211. The molecule has 0 aliphatic carbocycles. The summed E-state index contributed by atoms with van der Waals surface area (Å²) in [4.78, 5) is 20.0. The maximum atomic E-state index is 14.4. The van der Waals surface area contributed by atoms with Gasteiger partial charge >= 0.3 is 0 Å². The number of nitrogens with zero attached hydrogens (tertiary/aromatic N) is 2. The molecule has 0 radical (unpaired) electrons. The van der Waals surface area contributed by atoms with Crippen molar-refractivity contribution in [3.05, 3.63) is 65.9 Å². The standard InChI is InChI=1S/C19H16FN3O3/c1-11-17(25-10-23-11)19(24)22-9-15-6-14-5-13(7-16(20)18(14)26-15)12-3-2-4-21-8-12/h2-5,7-8,10,15H,6,9H2,1H3,(H,22,24). The summed E-state index contributed by atoms with van der Waals surface area (Å²) >= 11 is 0. The van der Waals surface area contributed by atoms with Crippen LogP contribution in [-0.2, 0) is 6.42 Å². The van der Waals surface area contributed by atoms with E-state index in [1.54, 1.807) is 25.4 Å². The predicted octanol–water partition coefficient (Wildman–Crippen LogP) is 2.92. The number of aromatic nitrogens is 2. The fourth-order valence-corrected chi connectivity index (χ4v) is 3.01. The number of hydrogen-bond donors (Lipinski definition) is 1. The highest BCUT2D eigenvalue weighted by Gasteiger charge is 2.27. The summed E-state index contributed by atoms with van der Waals surface area (Å²) < 4.78 is 25.2. The number of halogens is 1. The van der Waals surface area contributed by atoms with Gasteiger partial charge in [0.1, 0.15) is 6.10 Å². The molecule has 2 aromatic heterocycles. The summed E-state index contributed by atoms with van der Waals surface area (Å²) in [5.74, 6) is -0.365. The Morgan fingerprint density at radius 2 is 2.27 bits per heavy atom. The minimum absolute atomic E-state index is 0.172. The summed E-state index contributed by atoms with van der Waals surface area (Å²) in [7, 11) is 0. The van der Waals surface area contributed by atoms with Crippen molar-refractivity contribution in [1.29, 1.82) is 0 Å². The largest absolute Gasteiger partial charge is 0.485 e. The lowest BCUT2D eigenvalue weighted by Crippen LogP contribution is -2.34. The van der Waals surface area contributed by atoms with E-state index in [0.717, 1.165) is 16.7 Å². The summed E-state index contributed by atoms with van der Waals surface area (Å²) in [5.41, 5.74) is 2.89. The molecule has 1 aliphatic rings. The van der Waals surface area contributed by atoms with Crippen LogP contribution in [-0.4, -0.2) is 28.5 Å². The van der Waals surface area contributed by atoms with Crippen molar-refractivity contribution >= 4 is 5.91 Å². The SMILES string of the molecule is Cc1ncoc1C(=O)NCC1Cc2cc(-c3cccnc3)cc(F)c2O1. The fourth-order valence-electron chi connectivity index (χ4n) is 3.01. The molecule has 0 fully saturated rings. The van der Waals surface area contributed by atoms with Gasteiger partial charge in [0.15, 0.2) is 18.0 Å². The lowest BCUT2D eigenvalue weighted by atomic mass is 10.0. The van der Waals surface area contributed by atoms with Gasteiger partial charge in [-0.25, -0.2) is 9.37 Å². The third-order valence-corrected chi connectivity index (χ3v) is 4.29. The Morgan fingerprint density at radius 1 is 1.38 bits per heavy atom. The van der Waals surface area contributed by atoms with Crippen LogP contribution >= 0.6 is 0 Å². The minimum atomic E-state index is -0.416. The van der Waals surface area contributed by atoms with Crippen LogP contribution < -0.4 is 10.1 Å². The number of aryl methyl sites for hydroxylation is 1. The van der Waals surface area contributed by atoms with Gasteiger partial charge in [0.05, 0.1) is 12.2 Å². The van der Waals surface area contributed by atoms with E-state index in [0.29, 0.717) is 12.1 Å². The van der Waals surface area contributed by atoms with E-state index >= 15 is 0 Å². The molecule has 0 bridgehead atoms. The van der Waals surface area contributed by atoms with Gasteiger partial charge in [-0.15, -0.1) is 0 Å². The molecule has 3 aromatic rings. The number of rotatable bonds is 4. The molecule has 0 spiro atoms. The highest BCUT2D eigenvalue weighted by molar-refractivity contribution is 5.92. The Kier molecular flexibility index (Phi) is 4.12. The second-order valence-electron chi connectivity index (χ2n) is 6.11. The van der Waals surface area contributed by atoms with Crippen molar-refractivity contribution in [1.82, 2.24) is 15.3 Å². The number of hydrogen-bond acceptors (Lipinski definition) is 5. The second kappa shape index (κ2) is 6.59. The maximum Gasteiger partial charge on any atom is 0.289 e. The van der Waals surface area contributed by atoms with Crippen molar-refractivity contribution in [3.8, 4) is 16.9 Å². The molecule has 0 saturated heterocycles. The summed E-state index contributed by atoms with van der Waals surface area (Å²) in [6, 6.07) is 7.02. The lowest BCUT2D eigenvalue weighted by Gasteiger charge is -2.11. The number of carbonyl (C=O) groups excluding carboxylic acids is 1. The highest BCUT2D eigenvalue weighted by Crippen LogP contribution is 2.35. The maximum absolute atomic E-state index is 14.4. The number of fused-ring (bicyclic) bond motifs is 1. The van der Waals surface area contributed by atoms with Gasteiger partial charge in [0.25, 0.3) is 5.91 Å². The molecule has 1 N–H and O–H groups in total. The molecule has 1 atom stereocenters. The van der Waals surface area contributed by atoms with Gasteiger partial charge in [-0.3, -0.25) is 9.78 Å². The zero-order valence-corrected chi connectivity index (χ0v) is 14.0. The summed E-state index contributed by atoms with van der Waals surface area (Å²) in [6.07, 6.45) is 4.76. The zero-order valence-electron chi connectivity index (χ0n) is 14.0. The summed E-state index contributed by atoms with van der Waals surface area (Å²) in [5, 5.41) is 2.74. The lowest BCUT2D eigenvalue weighted by molar-refractivity contribution is 0.0904. The first-order chi connectivity index (χ1) is 12.6. The molecule has 1 unspecified atom stereocenters. The molecular formula is C19H16FN3O3. The first-order valence-electron chi connectivity index (χ1n) is 8.19. The second-order valence-corrected chi connectivity index (χ2v) is 6.11. The highest BCUT2D eigenvalue weighted by atomic mass is 19.1. The number of nitrogens with one attached hydrogen (secondary N) is 1. The Labute approximate surface area is 149 Å². The average Bonchev–Trinajstić information content (AvgIpc) is 3.26. The Balaban J connectivity index is 1.46. The predicted molar refractivity (Wildman–Crippen MR) is 91.3 cm³/mol. The summed E-state index contributed by atoms with van der Waals surface area (Å²) in [6.45, 7) is 1.94. The van der Waals surface area contributed by atoms with Crippen molar-refractivity contribution in [3.63, 3.8) is 0 Å². The van der Waals surface area contributed by atoms with Crippen molar-refractivity contribution in [2.45, 2.75) is 19.4 Å². The Hall–Kier alpha value is -3.22. The quantitative estimate of drug-likeness (QED) is 0.780. The number of amides is 1. The molecule has 3 heterocycles. The molecule has 1 aromatic carbocycles. The van der Waals surface area contributed by atoms with Crippen molar-refractivity contribution in [2.24, 2.45) is 0 Å². The van der Waals surface area contributed by atoms with E-state index in [-0.39, 0.29) is 30.1 Å². The number of carbonyl (C=O) groups is 1. The van der Waals surface area contributed by atoms with Crippen LogP contribution in [0.5, 0.6) is 5.75 Å². The first-order valence-corrected chi connectivity index (χ1v) is 8.19. The zero-order chi connectivity index (χ0) is 18.1. The number of ether oxygens (including phenoxy) is 1. The van der Waals surface area contributed by atoms with E-state index in [9.17, 15) is 9.18 Å². The van der Waals surface area contributed by atoms with E-state index in [4.69, 9.17) is 9.15 Å². The van der Waals surface area contributed by atoms with Crippen LogP contribution in [0.15, 0.2) is 47.5 Å². The molecule has 26 heavy (non-hydrogen) atoms. The van der Waals surface area contributed by atoms with Crippen LogP contribution in [0.4, 0.5) is 4.39 Å². The van der Waals surface area contributed by atoms with Gasteiger partial charge < -0.3 is 14.5 Å². The molecule has 1 amide bonds. The van der Waals surface area contributed by atoms with Gasteiger partial charge in [-0.2, -0.15) is 0 Å². The van der Waals surface area contributed by atoms with E-state index in [1.165, 1.54) is 12.5 Å². The molecular weight excluding hydrogens is 337 g/mol. The van der Waals surface area contributed by atoms with Crippen LogP contribution in [0.3, 0.4) is 0 Å². The smallest absolute Gasteiger partial charge is 0.289 e. The van der Waals surface area contributed by atoms with Gasteiger partial charge in [0, 0.05) is 29.9 Å². The van der Waals surface area contributed by atoms with E-state index in [1.807, 2.05) is 12.1 Å². The van der Waals surface area contributed by atoms with Crippen LogP contribution in [0.2, 0.25) is 0 Å². The minimum Gasteiger partial charge on any atom is -0.485 e. The van der Waals surface area contributed by atoms with E-state index in [2.05, 4.69) is 15.3 Å². The van der Waals surface area contributed by atoms with Gasteiger partial charge in [0.2, 0.25) is 5.76 Å². The Morgan fingerprint density at radius 3 is 3.00 bits per heavy atom. The van der Waals surface area contributed by atoms with Crippen molar-refractivity contribution < 1.29 is 18.3 Å². The van der Waals surface area contributed by atoms with Crippen molar-refractivity contribution in [2.75, 3.05) is 6.54 Å². The molecule has 6 nitrogen and oxygen atoms in total. The third-order valence-electron chi connectivity index (χ3n) is 4.29.